The zero-order chi connectivity index (χ0) is 19.5. The lowest BCUT2D eigenvalue weighted by Gasteiger charge is -2.13. The number of nitrogens with zero attached hydrogens (tertiary/aromatic N) is 3. The second-order valence-corrected chi connectivity index (χ2v) is 7.87. The van der Waals surface area contributed by atoms with Gasteiger partial charge in [-0.2, -0.15) is 0 Å². The summed E-state index contributed by atoms with van der Waals surface area (Å²) in [7, 11) is 0. The molecule has 1 saturated heterocycles. The summed E-state index contributed by atoms with van der Waals surface area (Å²) in [5.74, 6) is -0.377. The molecule has 0 atom stereocenters. The zero-order valence-corrected chi connectivity index (χ0v) is 16.1. The lowest BCUT2D eigenvalue weighted by molar-refractivity contribution is -0.125. The predicted molar refractivity (Wildman–Crippen MR) is 108 cm³/mol. The monoisotopic (exact) mass is 410 g/mol. The van der Waals surface area contributed by atoms with Gasteiger partial charge in [0, 0.05) is 11.1 Å². The average Bonchev–Trinajstić information content (AvgIpc) is 3.31. The molecule has 1 aromatic heterocycles. The Morgan fingerprint density at radius 1 is 1.07 bits per heavy atom. The summed E-state index contributed by atoms with van der Waals surface area (Å²) in [6.45, 7) is 0.156. The Hall–Kier alpha value is -3.04. The fourth-order valence-corrected chi connectivity index (χ4v) is 4.14. The highest BCUT2D eigenvalue weighted by atomic mass is 32.2. The normalized spacial score (nSPS) is 13.8. The minimum absolute atomic E-state index is 0.156. The molecule has 0 spiro atoms. The van der Waals surface area contributed by atoms with E-state index in [1.807, 2.05) is 30.3 Å². The number of hydrogen-bond acceptors (Lipinski definition) is 7. The summed E-state index contributed by atoms with van der Waals surface area (Å²) in [4.78, 5) is 37.2. The van der Waals surface area contributed by atoms with E-state index in [1.54, 1.807) is 24.3 Å². The molecule has 3 amide bonds. The largest absolute Gasteiger partial charge is 0.296 e. The first-order valence-corrected chi connectivity index (χ1v) is 10.2. The van der Waals surface area contributed by atoms with Crippen molar-refractivity contribution in [2.24, 2.45) is 0 Å². The number of benzene rings is 2. The summed E-state index contributed by atoms with van der Waals surface area (Å²) in [6, 6.07) is 16.4. The highest BCUT2D eigenvalue weighted by Gasteiger charge is 2.29. The molecule has 9 heteroatoms. The maximum atomic E-state index is 12.6. The molecule has 7 nitrogen and oxygen atoms in total. The summed E-state index contributed by atoms with van der Waals surface area (Å²) in [5, 5.41) is 11.7. The minimum atomic E-state index is -0.328. The first-order valence-electron chi connectivity index (χ1n) is 8.36. The fraction of sp³-hybridized carbons (Fsp3) is 0.105. The van der Waals surface area contributed by atoms with Crippen LogP contribution in [0.4, 0.5) is 9.93 Å². The summed E-state index contributed by atoms with van der Waals surface area (Å²) in [6.07, 6.45) is 0. The third-order valence-corrected chi connectivity index (χ3v) is 5.78. The Bertz CT molecular complexity index is 1040. The quantitative estimate of drug-likeness (QED) is 0.690. The summed E-state index contributed by atoms with van der Waals surface area (Å²) < 4.78 is 0. The Morgan fingerprint density at radius 2 is 1.89 bits per heavy atom. The van der Waals surface area contributed by atoms with Crippen LogP contribution in [-0.4, -0.2) is 37.9 Å². The predicted octanol–water partition coefficient (Wildman–Crippen LogP) is 3.65. The molecule has 1 N–H and O–H groups in total. The van der Waals surface area contributed by atoms with E-state index in [4.69, 9.17) is 0 Å². The standard InChI is InChI=1S/C19H14N4O3S2/c24-15-11-27-19(26)23(15)10-12-5-4-8-14(9-12)16(25)20-18-22-21-17(28-18)13-6-2-1-3-7-13/h1-9H,10-11H2,(H,20,22,25). The average molecular weight is 410 g/mol. The number of anilines is 1. The molecular formula is C19H14N4O3S2. The van der Waals surface area contributed by atoms with Crippen LogP contribution in [0, 0.1) is 0 Å². The van der Waals surface area contributed by atoms with Crippen LogP contribution in [0.5, 0.6) is 0 Å². The number of aromatic nitrogens is 2. The summed E-state index contributed by atoms with van der Waals surface area (Å²) in [5.41, 5.74) is 2.06. The van der Waals surface area contributed by atoms with Gasteiger partial charge in [-0.15, -0.1) is 10.2 Å². The molecule has 140 valence electrons. The van der Waals surface area contributed by atoms with Crippen molar-refractivity contribution in [3.05, 3.63) is 65.7 Å². The molecule has 0 aliphatic carbocycles. The second-order valence-electron chi connectivity index (χ2n) is 5.97. The van der Waals surface area contributed by atoms with E-state index in [9.17, 15) is 14.4 Å². The van der Waals surface area contributed by atoms with Crippen molar-refractivity contribution < 1.29 is 14.4 Å². The molecule has 1 fully saturated rings. The van der Waals surface area contributed by atoms with Crippen molar-refractivity contribution in [2.45, 2.75) is 6.54 Å². The van der Waals surface area contributed by atoms with Crippen molar-refractivity contribution in [3.8, 4) is 10.6 Å². The number of carbonyl (C=O) groups excluding carboxylic acids is 3. The van der Waals surface area contributed by atoms with Crippen LogP contribution >= 0.6 is 23.1 Å². The fourth-order valence-electron chi connectivity index (χ4n) is 2.67. The van der Waals surface area contributed by atoms with Crippen molar-refractivity contribution in [2.75, 3.05) is 11.1 Å². The molecular weight excluding hydrogens is 396 g/mol. The molecule has 1 aliphatic rings. The van der Waals surface area contributed by atoms with Crippen LogP contribution < -0.4 is 5.32 Å². The second kappa shape index (κ2) is 7.91. The molecule has 1 aliphatic heterocycles. The van der Waals surface area contributed by atoms with Gasteiger partial charge in [0.25, 0.3) is 11.1 Å². The van der Waals surface area contributed by atoms with Gasteiger partial charge in [0.1, 0.15) is 5.01 Å². The van der Waals surface area contributed by atoms with Gasteiger partial charge in [-0.1, -0.05) is 65.6 Å². The van der Waals surface area contributed by atoms with Crippen molar-refractivity contribution >= 4 is 45.3 Å². The summed E-state index contributed by atoms with van der Waals surface area (Å²) >= 11 is 2.28. The van der Waals surface area contributed by atoms with E-state index in [2.05, 4.69) is 15.5 Å². The number of hydrogen-bond donors (Lipinski definition) is 1. The van der Waals surface area contributed by atoms with E-state index < -0.39 is 0 Å². The van der Waals surface area contributed by atoms with Crippen LogP contribution in [0.15, 0.2) is 54.6 Å². The van der Waals surface area contributed by atoms with Crippen molar-refractivity contribution in [1.82, 2.24) is 15.1 Å². The lowest BCUT2D eigenvalue weighted by atomic mass is 10.1. The number of imide groups is 1. The van der Waals surface area contributed by atoms with Gasteiger partial charge in [0.05, 0.1) is 12.3 Å². The molecule has 3 aromatic rings. The number of thioether (sulfide) groups is 1. The third-order valence-electron chi connectivity index (χ3n) is 4.04. The van der Waals surface area contributed by atoms with E-state index >= 15 is 0 Å². The smallest absolute Gasteiger partial charge is 0.289 e. The third kappa shape index (κ3) is 3.95. The SMILES string of the molecule is O=C(Nc1nnc(-c2ccccc2)s1)c1cccc(CN2C(=O)CSC2=O)c1. The highest BCUT2D eigenvalue weighted by Crippen LogP contribution is 2.26. The molecule has 0 unspecified atom stereocenters. The molecule has 4 rings (SSSR count). The lowest BCUT2D eigenvalue weighted by Crippen LogP contribution is -2.28. The van der Waals surface area contributed by atoms with Crippen LogP contribution in [0.1, 0.15) is 15.9 Å². The molecule has 0 bridgehead atoms. The Labute approximate surface area is 168 Å². The van der Waals surface area contributed by atoms with Gasteiger partial charge in [0.2, 0.25) is 11.0 Å². The molecule has 2 aromatic carbocycles. The van der Waals surface area contributed by atoms with Crippen LogP contribution in [0.3, 0.4) is 0 Å². The van der Waals surface area contributed by atoms with Crippen LogP contribution in [0.2, 0.25) is 0 Å². The highest BCUT2D eigenvalue weighted by molar-refractivity contribution is 8.14. The van der Waals surface area contributed by atoms with Gasteiger partial charge >= 0.3 is 0 Å². The van der Waals surface area contributed by atoms with Crippen molar-refractivity contribution in [1.29, 1.82) is 0 Å². The zero-order valence-electron chi connectivity index (χ0n) is 14.5. The maximum absolute atomic E-state index is 12.6. The Morgan fingerprint density at radius 3 is 2.64 bits per heavy atom. The Kier molecular flexibility index (Phi) is 5.18. The number of amides is 3. The van der Waals surface area contributed by atoms with Gasteiger partial charge in [-0.3, -0.25) is 24.6 Å². The maximum Gasteiger partial charge on any atom is 0.289 e. The first kappa shape index (κ1) is 18.3. The van der Waals surface area contributed by atoms with E-state index in [0.29, 0.717) is 21.3 Å². The van der Waals surface area contributed by atoms with E-state index in [1.165, 1.54) is 16.2 Å². The van der Waals surface area contributed by atoms with Crippen LogP contribution in [-0.2, 0) is 11.3 Å². The molecule has 28 heavy (non-hydrogen) atoms. The number of rotatable bonds is 5. The topological polar surface area (TPSA) is 92.3 Å². The van der Waals surface area contributed by atoms with Gasteiger partial charge in [-0.25, -0.2) is 0 Å². The van der Waals surface area contributed by atoms with Gasteiger partial charge in [0.15, 0.2) is 0 Å². The van der Waals surface area contributed by atoms with E-state index in [0.717, 1.165) is 17.3 Å². The van der Waals surface area contributed by atoms with Crippen molar-refractivity contribution in [3.63, 3.8) is 0 Å². The first-order chi connectivity index (χ1) is 13.6. The minimum Gasteiger partial charge on any atom is -0.296 e. The molecule has 2 heterocycles. The van der Waals surface area contributed by atoms with Gasteiger partial charge < -0.3 is 0 Å². The molecule has 0 saturated carbocycles. The van der Waals surface area contributed by atoms with E-state index in [-0.39, 0.29) is 29.4 Å². The Balaban J connectivity index is 1.46. The number of nitrogens with one attached hydrogen (secondary N) is 1. The number of carbonyl (C=O) groups is 3. The van der Waals surface area contributed by atoms with Crippen LogP contribution in [0.25, 0.3) is 10.6 Å². The molecule has 0 radical (unpaired) electrons. The van der Waals surface area contributed by atoms with Gasteiger partial charge in [-0.05, 0) is 17.7 Å².